The Morgan fingerprint density at radius 3 is 2.54 bits per heavy atom. The molecule has 0 nitrogen and oxygen atoms in total. The van der Waals surface area contributed by atoms with E-state index in [1.807, 2.05) is 23.5 Å². The molecule has 0 unspecified atom stereocenters. The number of fused-ring (bicyclic) bond motifs is 5. The lowest BCUT2D eigenvalue weighted by atomic mass is 9.98. The van der Waals surface area contributed by atoms with Gasteiger partial charge < -0.3 is 0 Å². The Hall–Kier alpha value is -2.00. The Morgan fingerprint density at radius 2 is 1.65 bits per heavy atom. The van der Waals surface area contributed by atoms with Crippen molar-refractivity contribution in [2.24, 2.45) is 0 Å². The molecular formula is C23H15ClS2. The highest BCUT2D eigenvalue weighted by atomic mass is 35.5. The molecule has 0 saturated heterocycles. The van der Waals surface area contributed by atoms with Gasteiger partial charge in [-0.2, -0.15) is 0 Å². The van der Waals surface area contributed by atoms with Gasteiger partial charge in [-0.15, -0.1) is 23.1 Å². The minimum atomic E-state index is 0.810. The fourth-order valence-corrected chi connectivity index (χ4v) is 5.93. The number of benzene rings is 4. The summed E-state index contributed by atoms with van der Waals surface area (Å²) in [5, 5.41) is 6.04. The molecule has 126 valence electrons. The molecule has 0 amide bonds. The van der Waals surface area contributed by atoms with Gasteiger partial charge in [-0.05, 0) is 40.8 Å². The quantitative estimate of drug-likeness (QED) is 0.273. The molecule has 5 rings (SSSR count). The van der Waals surface area contributed by atoms with Crippen molar-refractivity contribution in [3.8, 4) is 11.1 Å². The molecule has 1 heterocycles. The van der Waals surface area contributed by atoms with Crippen LogP contribution in [0.1, 0.15) is 0 Å². The van der Waals surface area contributed by atoms with Crippen LogP contribution in [-0.2, 0) is 0 Å². The summed E-state index contributed by atoms with van der Waals surface area (Å²) in [5.74, 6) is 0. The third-order valence-corrected chi connectivity index (χ3v) is 7.15. The number of thiophene rings is 1. The van der Waals surface area contributed by atoms with Crippen LogP contribution in [-0.4, -0.2) is 6.26 Å². The second-order valence-corrected chi connectivity index (χ2v) is 8.57. The number of hydrogen-bond donors (Lipinski definition) is 0. The predicted molar refractivity (Wildman–Crippen MR) is 119 cm³/mol. The highest BCUT2D eigenvalue weighted by molar-refractivity contribution is 7.98. The maximum absolute atomic E-state index is 6.65. The first-order chi connectivity index (χ1) is 12.8. The molecule has 5 aromatic rings. The number of thioether (sulfide) groups is 1. The van der Waals surface area contributed by atoms with Gasteiger partial charge in [-0.3, -0.25) is 0 Å². The zero-order valence-corrected chi connectivity index (χ0v) is 16.5. The first kappa shape index (κ1) is 16.2. The highest BCUT2D eigenvalue weighted by Gasteiger charge is 2.16. The first-order valence-electron chi connectivity index (χ1n) is 8.44. The number of halogens is 1. The fourth-order valence-electron chi connectivity index (χ4n) is 3.70. The molecular weight excluding hydrogens is 376 g/mol. The Bertz CT molecular complexity index is 1280. The third-order valence-electron chi connectivity index (χ3n) is 4.85. The van der Waals surface area contributed by atoms with Gasteiger partial charge in [0.15, 0.2) is 0 Å². The fraction of sp³-hybridized carbons (Fsp3) is 0.0435. The lowest BCUT2D eigenvalue weighted by Crippen LogP contribution is -1.85. The maximum Gasteiger partial charge on any atom is 0.0495 e. The van der Waals surface area contributed by atoms with Gasteiger partial charge in [0.25, 0.3) is 0 Å². The van der Waals surface area contributed by atoms with Crippen LogP contribution in [0, 0.1) is 0 Å². The summed E-state index contributed by atoms with van der Waals surface area (Å²) in [4.78, 5) is 1.21. The Labute approximate surface area is 165 Å². The van der Waals surface area contributed by atoms with Gasteiger partial charge >= 0.3 is 0 Å². The standard InChI is InChI=1S/C23H15ClS2/c1-25-19-10-5-9-18(24)22(19)16-8-4-11-20-21(16)17-13-12-14-6-2-3-7-15(14)23(17)26-20/h2-13H,1H3. The van der Waals surface area contributed by atoms with Crippen molar-refractivity contribution in [3.63, 3.8) is 0 Å². The summed E-state index contributed by atoms with van der Waals surface area (Å²) in [6.45, 7) is 0. The van der Waals surface area contributed by atoms with Crippen molar-refractivity contribution in [1.82, 2.24) is 0 Å². The molecule has 26 heavy (non-hydrogen) atoms. The van der Waals surface area contributed by atoms with Crippen molar-refractivity contribution in [1.29, 1.82) is 0 Å². The molecule has 0 saturated carbocycles. The minimum absolute atomic E-state index is 0.810. The molecule has 0 aliphatic heterocycles. The lowest BCUT2D eigenvalue weighted by molar-refractivity contribution is 1.46. The van der Waals surface area contributed by atoms with Crippen molar-refractivity contribution in [2.75, 3.05) is 6.26 Å². The van der Waals surface area contributed by atoms with E-state index >= 15 is 0 Å². The molecule has 0 fully saturated rings. The summed E-state index contributed by atoms with van der Waals surface area (Å²) in [7, 11) is 0. The van der Waals surface area contributed by atoms with Crippen molar-refractivity contribution in [2.45, 2.75) is 4.90 Å². The topological polar surface area (TPSA) is 0 Å². The van der Waals surface area contributed by atoms with Crippen molar-refractivity contribution < 1.29 is 0 Å². The molecule has 0 radical (unpaired) electrons. The highest BCUT2D eigenvalue weighted by Crippen LogP contribution is 2.46. The van der Waals surface area contributed by atoms with Gasteiger partial charge in [-0.1, -0.05) is 66.2 Å². The molecule has 0 spiro atoms. The second kappa shape index (κ2) is 6.31. The maximum atomic E-state index is 6.65. The SMILES string of the molecule is CSc1cccc(Cl)c1-c1cccc2sc3c4ccccc4ccc3c12. The smallest absolute Gasteiger partial charge is 0.0495 e. The van der Waals surface area contributed by atoms with Crippen LogP contribution in [0.4, 0.5) is 0 Å². The first-order valence-corrected chi connectivity index (χ1v) is 10.9. The van der Waals surface area contributed by atoms with Crippen LogP contribution in [0.2, 0.25) is 5.02 Å². The monoisotopic (exact) mass is 390 g/mol. The van der Waals surface area contributed by atoms with Crippen LogP contribution in [0.25, 0.3) is 42.1 Å². The third kappa shape index (κ3) is 2.37. The average molecular weight is 391 g/mol. The van der Waals surface area contributed by atoms with Gasteiger partial charge in [0.1, 0.15) is 0 Å². The summed E-state index contributed by atoms with van der Waals surface area (Å²) in [5.41, 5.74) is 2.36. The summed E-state index contributed by atoms with van der Waals surface area (Å²) < 4.78 is 2.66. The number of hydrogen-bond acceptors (Lipinski definition) is 2. The van der Waals surface area contributed by atoms with Crippen LogP contribution < -0.4 is 0 Å². The van der Waals surface area contributed by atoms with Crippen LogP contribution in [0.3, 0.4) is 0 Å². The minimum Gasteiger partial charge on any atom is -0.135 e. The molecule has 0 atom stereocenters. The number of rotatable bonds is 2. The Balaban J connectivity index is 1.96. The van der Waals surface area contributed by atoms with Crippen LogP contribution >= 0.6 is 34.7 Å². The normalized spacial score (nSPS) is 11.6. The van der Waals surface area contributed by atoms with Crippen LogP contribution in [0.5, 0.6) is 0 Å². The van der Waals surface area contributed by atoms with E-state index in [4.69, 9.17) is 11.6 Å². The van der Waals surface area contributed by atoms with Gasteiger partial charge in [-0.25, -0.2) is 0 Å². The second-order valence-electron chi connectivity index (χ2n) is 6.26. The van der Waals surface area contributed by atoms with Crippen molar-refractivity contribution >= 4 is 65.6 Å². The van der Waals surface area contributed by atoms with Crippen LogP contribution in [0.15, 0.2) is 77.7 Å². The zero-order valence-electron chi connectivity index (χ0n) is 14.1. The van der Waals surface area contributed by atoms with E-state index in [2.05, 4.69) is 66.9 Å². The largest absolute Gasteiger partial charge is 0.135 e. The molecule has 0 aliphatic rings. The summed E-state index contributed by atoms with van der Waals surface area (Å²) >= 11 is 10.3. The molecule has 1 aromatic heterocycles. The van der Waals surface area contributed by atoms with E-state index in [0.29, 0.717) is 0 Å². The van der Waals surface area contributed by atoms with E-state index in [0.717, 1.165) is 10.6 Å². The molecule has 0 bridgehead atoms. The van der Waals surface area contributed by atoms with E-state index < -0.39 is 0 Å². The molecule has 4 aromatic carbocycles. The summed E-state index contributed by atoms with van der Waals surface area (Å²) in [6, 6.07) is 25.8. The van der Waals surface area contributed by atoms with E-state index in [1.165, 1.54) is 41.4 Å². The predicted octanol–water partition coefficient (Wildman–Crippen LogP) is 8.25. The molecule has 3 heteroatoms. The average Bonchev–Trinajstić information content (AvgIpc) is 3.07. The van der Waals surface area contributed by atoms with E-state index in [-0.39, 0.29) is 0 Å². The molecule has 0 aliphatic carbocycles. The summed E-state index contributed by atoms with van der Waals surface area (Å²) in [6.07, 6.45) is 2.11. The Morgan fingerprint density at radius 1 is 0.808 bits per heavy atom. The van der Waals surface area contributed by atoms with Crippen molar-refractivity contribution in [3.05, 3.63) is 77.8 Å². The molecule has 0 N–H and O–H groups in total. The van der Waals surface area contributed by atoms with Gasteiger partial charge in [0, 0.05) is 35.7 Å². The zero-order chi connectivity index (χ0) is 17.7. The Kier molecular flexibility index (Phi) is 3.93. The van der Waals surface area contributed by atoms with E-state index in [9.17, 15) is 0 Å². The lowest BCUT2D eigenvalue weighted by Gasteiger charge is -2.11. The van der Waals surface area contributed by atoms with Gasteiger partial charge in [0.05, 0.1) is 0 Å². The van der Waals surface area contributed by atoms with Gasteiger partial charge in [0.2, 0.25) is 0 Å². The van der Waals surface area contributed by atoms with E-state index in [1.54, 1.807) is 11.8 Å².